The van der Waals surface area contributed by atoms with Crippen molar-refractivity contribution in [2.24, 2.45) is 5.92 Å². The summed E-state index contributed by atoms with van der Waals surface area (Å²) in [7, 11) is 0. The lowest BCUT2D eigenvalue weighted by molar-refractivity contribution is -0.00852. The minimum atomic E-state index is -0.557. The Balaban J connectivity index is 1.92. The topological polar surface area (TPSA) is 52.5 Å². The molecular weight excluding hydrogens is 262 g/mol. The number of hydrogen-bond donors (Lipinski definition) is 3. The van der Waals surface area contributed by atoms with Gasteiger partial charge in [0, 0.05) is 19.2 Å². The van der Waals surface area contributed by atoms with Crippen LogP contribution in [-0.2, 0) is 0 Å². The molecular formula is C18H29NO2. The summed E-state index contributed by atoms with van der Waals surface area (Å²) in [5.74, 6) is 0.740. The Hall–Kier alpha value is -0.900. The molecule has 1 aliphatic rings. The van der Waals surface area contributed by atoms with Gasteiger partial charge >= 0.3 is 0 Å². The Morgan fingerprint density at radius 1 is 1.24 bits per heavy atom. The first-order valence-corrected chi connectivity index (χ1v) is 8.24. The molecule has 2 rings (SSSR count). The van der Waals surface area contributed by atoms with Gasteiger partial charge in [-0.3, -0.25) is 0 Å². The molecule has 1 fully saturated rings. The Morgan fingerprint density at radius 2 is 1.90 bits per heavy atom. The van der Waals surface area contributed by atoms with Gasteiger partial charge in [-0.1, -0.05) is 37.3 Å². The van der Waals surface area contributed by atoms with Crippen LogP contribution in [0.1, 0.15) is 57.1 Å². The number of hydrogen-bond acceptors (Lipinski definition) is 3. The average Bonchev–Trinajstić information content (AvgIpc) is 2.52. The van der Waals surface area contributed by atoms with E-state index in [4.69, 9.17) is 5.11 Å². The van der Waals surface area contributed by atoms with Crippen molar-refractivity contribution in [2.45, 2.75) is 57.1 Å². The summed E-state index contributed by atoms with van der Waals surface area (Å²) in [6.07, 6.45) is 5.69. The van der Waals surface area contributed by atoms with Crippen molar-refractivity contribution >= 4 is 0 Å². The second-order valence-corrected chi connectivity index (χ2v) is 6.62. The monoisotopic (exact) mass is 291 g/mol. The van der Waals surface area contributed by atoms with E-state index < -0.39 is 5.60 Å². The highest BCUT2D eigenvalue weighted by atomic mass is 16.3. The molecule has 0 spiro atoms. The van der Waals surface area contributed by atoms with E-state index in [-0.39, 0.29) is 12.6 Å². The molecule has 1 aromatic rings. The summed E-state index contributed by atoms with van der Waals surface area (Å²) < 4.78 is 0. The second-order valence-electron chi connectivity index (χ2n) is 6.62. The summed E-state index contributed by atoms with van der Waals surface area (Å²) in [6.45, 7) is 3.12. The van der Waals surface area contributed by atoms with E-state index in [1.807, 2.05) is 18.2 Å². The normalized spacial score (nSPS) is 27.5. The molecule has 21 heavy (non-hydrogen) atoms. The molecule has 0 heterocycles. The lowest BCUT2D eigenvalue weighted by Gasteiger charge is -2.36. The number of aliphatic hydroxyl groups excluding tert-OH is 1. The van der Waals surface area contributed by atoms with Crippen LogP contribution in [-0.4, -0.2) is 29.0 Å². The molecule has 0 bridgehead atoms. The van der Waals surface area contributed by atoms with Crippen LogP contribution in [0.25, 0.3) is 0 Å². The van der Waals surface area contributed by atoms with Crippen LogP contribution in [0.2, 0.25) is 0 Å². The molecule has 3 N–H and O–H groups in total. The Morgan fingerprint density at radius 3 is 2.52 bits per heavy atom. The summed E-state index contributed by atoms with van der Waals surface area (Å²) in [5, 5.41) is 23.3. The van der Waals surface area contributed by atoms with E-state index in [9.17, 15) is 5.11 Å². The molecule has 0 aliphatic heterocycles. The number of benzene rings is 1. The number of rotatable bonds is 7. The molecule has 1 aliphatic carbocycles. The minimum Gasteiger partial charge on any atom is -0.396 e. The number of aliphatic hydroxyl groups is 2. The van der Waals surface area contributed by atoms with Crippen LogP contribution in [0, 0.1) is 5.92 Å². The summed E-state index contributed by atoms with van der Waals surface area (Å²) >= 11 is 0. The van der Waals surface area contributed by atoms with Gasteiger partial charge in [0.1, 0.15) is 0 Å². The van der Waals surface area contributed by atoms with E-state index in [0.717, 1.165) is 44.4 Å². The van der Waals surface area contributed by atoms with Crippen molar-refractivity contribution < 1.29 is 10.2 Å². The highest BCUT2D eigenvalue weighted by Crippen LogP contribution is 2.32. The van der Waals surface area contributed by atoms with Gasteiger partial charge in [0.25, 0.3) is 0 Å². The van der Waals surface area contributed by atoms with Crippen LogP contribution in [0.5, 0.6) is 0 Å². The van der Waals surface area contributed by atoms with Crippen molar-refractivity contribution in [3.05, 3.63) is 35.9 Å². The minimum absolute atomic E-state index is 0.210. The van der Waals surface area contributed by atoms with E-state index >= 15 is 0 Å². The zero-order valence-corrected chi connectivity index (χ0v) is 13.1. The maximum absolute atomic E-state index is 10.7. The molecule has 0 saturated heterocycles. The van der Waals surface area contributed by atoms with Gasteiger partial charge in [0.05, 0.1) is 5.60 Å². The highest BCUT2D eigenvalue weighted by molar-refractivity contribution is 5.19. The van der Waals surface area contributed by atoms with Gasteiger partial charge in [-0.25, -0.2) is 0 Å². The predicted molar refractivity (Wildman–Crippen MR) is 86.1 cm³/mol. The number of nitrogens with one attached hydrogen (secondary N) is 1. The van der Waals surface area contributed by atoms with Crippen LogP contribution < -0.4 is 5.32 Å². The lowest BCUT2D eigenvalue weighted by Crippen LogP contribution is -2.44. The third-order valence-electron chi connectivity index (χ3n) is 4.74. The molecule has 118 valence electrons. The predicted octanol–water partition coefficient (Wildman–Crippen LogP) is 3.03. The Kier molecular flexibility index (Phi) is 6.22. The molecule has 0 radical (unpaired) electrons. The van der Waals surface area contributed by atoms with Gasteiger partial charge in [0.15, 0.2) is 0 Å². The quantitative estimate of drug-likeness (QED) is 0.724. The first kappa shape index (κ1) is 16.5. The van der Waals surface area contributed by atoms with E-state index in [0.29, 0.717) is 6.54 Å². The van der Waals surface area contributed by atoms with Crippen molar-refractivity contribution in [3.63, 3.8) is 0 Å². The smallest absolute Gasteiger partial charge is 0.0772 e. The van der Waals surface area contributed by atoms with Crippen molar-refractivity contribution in [1.29, 1.82) is 0 Å². The summed E-state index contributed by atoms with van der Waals surface area (Å²) in [6, 6.07) is 10.5. The average molecular weight is 291 g/mol. The highest BCUT2D eigenvalue weighted by Gasteiger charge is 2.32. The molecule has 1 atom stereocenters. The van der Waals surface area contributed by atoms with Crippen LogP contribution in [0.4, 0.5) is 0 Å². The largest absolute Gasteiger partial charge is 0.396 e. The summed E-state index contributed by atoms with van der Waals surface area (Å²) in [4.78, 5) is 0. The fourth-order valence-corrected chi connectivity index (χ4v) is 3.16. The van der Waals surface area contributed by atoms with Gasteiger partial charge in [-0.05, 0) is 50.0 Å². The first-order chi connectivity index (χ1) is 10.1. The third kappa shape index (κ3) is 5.10. The van der Waals surface area contributed by atoms with Crippen LogP contribution >= 0.6 is 0 Å². The maximum atomic E-state index is 10.7. The van der Waals surface area contributed by atoms with E-state index in [1.54, 1.807) is 0 Å². The van der Waals surface area contributed by atoms with Crippen molar-refractivity contribution in [2.75, 3.05) is 13.2 Å². The second kappa shape index (κ2) is 7.92. The molecule has 3 heteroatoms. The zero-order chi connectivity index (χ0) is 15.1. The fraction of sp³-hybridized carbons (Fsp3) is 0.667. The molecule has 1 aromatic carbocycles. The van der Waals surface area contributed by atoms with Gasteiger partial charge in [-0.2, -0.15) is 0 Å². The van der Waals surface area contributed by atoms with E-state index in [2.05, 4.69) is 24.4 Å². The first-order valence-electron chi connectivity index (χ1n) is 8.24. The van der Waals surface area contributed by atoms with Crippen molar-refractivity contribution in [1.82, 2.24) is 5.32 Å². The summed E-state index contributed by atoms with van der Waals surface area (Å²) in [5.41, 5.74) is 0.678. The molecule has 0 aromatic heterocycles. The van der Waals surface area contributed by atoms with Crippen LogP contribution in [0.15, 0.2) is 30.3 Å². The van der Waals surface area contributed by atoms with Gasteiger partial charge < -0.3 is 15.5 Å². The van der Waals surface area contributed by atoms with Crippen LogP contribution in [0.3, 0.4) is 0 Å². The third-order valence-corrected chi connectivity index (χ3v) is 4.74. The standard InChI is InChI=1S/C18H29NO2/c1-15-9-11-18(21,12-10-15)14-19-17(8-5-13-20)16-6-3-2-4-7-16/h2-4,6-7,15,17,19-21H,5,8-14H2,1H3. The Labute approximate surface area is 128 Å². The SMILES string of the molecule is CC1CCC(O)(CNC(CCCO)c2ccccc2)CC1. The van der Waals surface area contributed by atoms with Gasteiger partial charge in [-0.15, -0.1) is 0 Å². The molecule has 1 saturated carbocycles. The molecule has 3 nitrogen and oxygen atoms in total. The molecule has 1 unspecified atom stereocenters. The molecule has 0 amide bonds. The van der Waals surface area contributed by atoms with Crippen molar-refractivity contribution in [3.8, 4) is 0 Å². The zero-order valence-electron chi connectivity index (χ0n) is 13.1. The van der Waals surface area contributed by atoms with E-state index in [1.165, 1.54) is 5.56 Å². The fourth-order valence-electron chi connectivity index (χ4n) is 3.16. The maximum Gasteiger partial charge on any atom is 0.0772 e. The lowest BCUT2D eigenvalue weighted by atomic mass is 9.79. The van der Waals surface area contributed by atoms with Gasteiger partial charge in [0.2, 0.25) is 0 Å². The Bertz CT molecular complexity index is 399.